The maximum absolute atomic E-state index is 3.79. The van der Waals surface area contributed by atoms with Crippen LogP contribution in [0.3, 0.4) is 0 Å². The van der Waals surface area contributed by atoms with E-state index >= 15 is 0 Å². The van der Waals surface area contributed by atoms with Gasteiger partial charge in [-0.05, 0) is 63.7 Å². The van der Waals surface area contributed by atoms with Gasteiger partial charge in [-0.2, -0.15) is 0 Å². The molecule has 2 heteroatoms. The van der Waals surface area contributed by atoms with Crippen LogP contribution in [0, 0.1) is 17.8 Å². The molecule has 3 saturated carbocycles. The normalized spacial score (nSPS) is 47.7. The zero-order chi connectivity index (χ0) is 12.3. The fourth-order valence-corrected chi connectivity index (χ4v) is 5.03. The Hall–Kier alpha value is -0.0800. The van der Waals surface area contributed by atoms with Crippen molar-refractivity contribution in [2.45, 2.75) is 70.0 Å². The second-order valence-corrected chi connectivity index (χ2v) is 8.08. The van der Waals surface area contributed by atoms with Crippen molar-refractivity contribution in [3.05, 3.63) is 0 Å². The van der Waals surface area contributed by atoms with Gasteiger partial charge in [-0.3, -0.25) is 4.90 Å². The molecule has 1 aliphatic heterocycles. The van der Waals surface area contributed by atoms with Gasteiger partial charge in [0.25, 0.3) is 0 Å². The molecule has 4 rings (SSSR count). The van der Waals surface area contributed by atoms with Crippen LogP contribution in [-0.4, -0.2) is 35.6 Å². The molecular formula is C16H28N2. The molecule has 4 atom stereocenters. The molecule has 0 aromatic carbocycles. The number of nitrogens with one attached hydrogen (secondary N) is 1. The Morgan fingerprint density at radius 3 is 2.33 bits per heavy atom. The highest BCUT2D eigenvalue weighted by Crippen LogP contribution is 2.49. The molecule has 1 N–H and O–H groups in total. The summed E-state index contributed by atoms with van der Waals surface area (Å²) in [7, 11) is 0. The molecule has 2 bridgehead atoms. The van der Waals surface area contributed by atoms with E-state index in [0.29, 0.717) is 5.54 Å². The van der Waals surface area contributed by atoms with E-state index in [-0.39, 0.29) is 0 Å². The van der Waals surface area contributed by atoms with Crippen LogP contribution in [-0.2, 0) is 0 Å². The van der Waals surface area contributed by atoms with E-state index in [4.69, 9.17) is 0 Å². The lowest BCUT2D eigenvalue weighted by Crippen LogP contribution is -2.65. The summed E-state index contributed by atoms with van der Waals surface area (Å²) >= 11 is 0. The third-order valence-electron chi connectivity index (χ3n) is 6.09. The third kappa shape index (κ3) is 1.92. The summed E-state index contributed by atoms with van der Waals surface area (Å²) in [5, 5.41) is 3.79. The molecular weight excluding hydrogens is 220 g/mol. The SMILES string of the molecule is CC1(C)CN(C2CC3CCC2C3)C(C2CC2)CN1. The van der Waals surface area contributed by atoms with Gasteiger partial charge >= 0.3 is 0 Å². The van der Waals surface area contributed by atoms with Crippen LogP contribution >= 0.6 is 0 Å². The second kappa shape index (κ2) is 3.96. The highest BCUT2D eigenvalue weighted by molar-refractivity contribution is 5.05. The molecule has 3 aliphatic carbocycles. The van der Waals surface area contributed by atoms with Crippen LogP contribution < -0.4 is 5.32 Å². The van der Waals surface area contributed by atoms with Crippen molar-refractivity contribution < 1.29 is 0 Å². The molecule has 0 spiro atoms. The van der Waals surface area contributed by atoms with Gasteiger partial charge in [-0.25, -0.2) is 0 Å². The largest absolute Gasteiger partial charge is 0.309 e. The van der Waals surface area contributed by atoms with Crippen molar-refractivity contribution in [3.8, 4) is 0 Å². The maximum atomic E-state index is 3.79. The van der Waals surface area contributed by atoms with Crippen molar-refractivity contribution >= 4 is 0 Å². The van der Waals surface area contributed by atoms with Gasteiger partial charge in [0.1, 0.15) is 0 Å². The Balaban J connectivity index is 1.54. The van der Waals surface area contributed by atoms with E-state index in [0.717, 1.165) is 29.8 Å². The van der Waals surface area contributed by atoms with Gasteiger partial charge in [0.15, 0.2) is 0 Å². The van der Waals surface area contributed by atoms with E-state index in [1.54, 1.807) is 6.42 Å². The second-order valence-electron chi connectivity index (χ2n) is 8.08. The lowest BCUT2D eigenvalue weighted by atomic mass is 9.88. The summed E-state index contributed by atoms with van der Waals surface area (Å²) in [6, 6.07) is 1.80. The average Bonchev–Trinajstić information content (AvgIpc) is 2.95. The first kappa shape index (κ1) is 11.7. The fourth-order valence-electron chi connectivity index (χ4n) is 5.03. The van der Waals surface area contributed by atoms with Crippen LogP contribution in [0.1, 0.15) is 52.4 Å². The van der Waals surface area contributed by atoms with Crippen LogP contribution in [0.4, 0.5) is 0 Å². The molecule has 1 heterocycles. The lowest BCUT2D eigenvalue weighted by molar-refractivity contribution is 0.0212. The predicted octanol–water partition coefficient (Wildman–Crippen LogP) is 2.64. The number of nitrogens with zero attached hydrogens (tertiary/aromatic N) is 1. The maximum Gasteiger partial charge on any atom is 0.0253 e. The van der Waals surface area contributed by atoms with Crippen LogP contribution in [0.15, 0.2) is 0 Å². The van der Waals surface area contributed by atoms with Crippen molar-refractivity contribution in [1.29, 1.82) is 0 Å². The lowest BCUT2D eigenvalue weighted by Gasteiger charge is -2.49. The first-order chi connectivity index (χ1) is 8.62. The number of fused-ring (bicyclic) bond motifs is 2. The standard InChI is InChI=1S/C16H28N2/c1-16(2)10-18(15(9-17-16)12-5-6-12)14-8-11-3-4-13(14)7-11/h11-15,17H,3-10H2,1-2H3. The first-order valence-corrected chi connectivity index (χ1v) is 8.13. The minimum atomic E-state index is 0.327. The predicted molar refractivity (Wildman–Crippen MR) is 74.5 cm³/mol. The van der Waals surface area contributed by atoms with Crippen molar-refractivity contribution in [3.63, 3.8) is 0 Å². The quantitative estimate of drug-likeness (QED) is 0.808. The molecule has 0 amide bonds. The molecule has 0 radical (unpaired) electrons. The first-order valence-electron chi connectivity index (χ1n) is 8.13. The molecule has 4 fully saturated rings. The Bertz CT molecular complexity index is 334. The number of hydrogen-bond acceptors (Lipinski definition) is 2. The molecule has 4 aliphatic rings. The monoisotopic (exact) mass is 248 g/mol. The Morgan fingerprint density at radius 2 is 1.72 bits per heavy atom. The van der Waals surface area contributed by atoms with Gasteiger partial charge in [0, 0.05) is 30.7 Å². The van der Waals surface area contributed by atoms with E-state index in [1.165, 1.54) is 45.2 Å². The van der Waals surface area contributed by atoms with Crippen molar-refractivity contribution in [2.24, 2.45) is 17.8 Å². The zero-order valence-corrected chi connectivity index (χ0v) is 12.0. The van der Waals surface area contributed by atoms with E-state index in [2.05, 4.69) is 24.1 Å². The molecule has 4 unspecified atom stereocenters. The van der Waals surface area contributed by atoms with Gasteiger partial charge in [-0.15, -0.1) is 0 Å². The summed E-state index contributed by atoms with van der Waals surface area (Å²) in [5.41, 5.74) is 0.327. The molecule has 2 nitrogen and oxygen atoms in total. The summed E-state index contributed by atoms with van der Waals surface area (Å²) < 4.78 is 0. The van der Waals surface area contributed by atoms with Gasteiger partial charge in [0.05, 0.1) is 0 Å². The molecule has 0 aromatic rings. The summed E-state index contributed by atoms with van der Waals surface area (Å²) in [6.45, 7) is 7.29. The Kier molecular flexibility index (Phi) is 2.58. The van der Waals surface area contributed by atoms with Crippen LogP contribution in [0.5, 0.6) is 0 Å². The molecule has 18 heavy (non-hydrogen) atoms. The van der Waals surface area contributed by atoms with E-state index in [1.807, 2.05) is 0 Å². The van der Waals surface area contributed by atoms with E-state index < -0.39 is 0 Å². The fraction of sp³-hybridized carbons (Fsp3) is 1.00. The number of piperazine rings is 1. The summed E-state index contributed by atoms with van der Waals surface area (Å²) in [4.78, 5) is 2.96. The smallest absolute Gasteiger partial charge is 0.0253 e. The number of rotatable bonds is 2. The topological polar surface area (TPSA) is 15.3 Å². The van der Waals surface area contributed by atoms with Gasteiger partial charge in [-0.1, -0.05) is 6.42 Å². The zero-order valence-electron chi connectivity index (χ0n) is 12.0. The van der Waals surface area contributed by atoms with Gasteiger partial charge in [0.2, 0.25) is 0 Å². The Morgan fingerprint density at radius 1 is 0.944 bits per heavy atom. The highest BCUT2D eigenvalue weighted by atomic mass is 15.3. The van der Waals surface area contributed by atoms with Crippen LogP contribution in [0.2, 0.25) is 0 Å². The third-order valence-corrected chi connectivity index (χ3v) is 6.09. The average molecular weight is 248 g/mol. The highest BCUT2D eigenvalue weighted by Gasteiger charge is 2.49. The van der Waals surface area contributed by atoms with Crippen molar-refractivity contribution in [2.75, 3.05) is 13.1 Å². The van der Waals surface area contributed by atoms with E-state index in [9.17, 15) is 0 Å². The molecule has 102 valence electrons. The minimum absolute atomic E-state index is 0.327. The van der Waals surface area contributed by atoms with Gasteiger partial charge < -0.3 is 5.32 Å². The summed E-state index contributed by atoms with van der Waals surface area (Å²) in [6.07, 6.45) is 9.10. The minimum Gasteiger partial charge on any atom is -0.309 e. The molecule has 0 aromatic heterocycles. The summed E-state index contributed by atoms with van der Waals surface area (Å²) in [5.74, 6) is 3.15. The molecule has 1 saturated heterocycles. The Labute approximate surface area is 111 Å². The van der Waals surface area contributed by atoms with Crippen molar-refractivity contribution in [1.82, 2.24) is 10.2 Å². The number of hydrogen-bond donors (Lipinski definition) is 1. The van der Waals surface area contributed by atoms with Crippen LogP contribution in [0.25, 0.3) is 0 Å².